The number of rotatable bonds is 3. The van der Waals surface area contributed by atoms with E-state index in [-0.39, 0.29) is 11.5 Å². The molecule has 0 bridgehead atoms. The zero-order valence-electron chi connectivity index (χ0n) is 10.8. The Balaban J connectivity index is 2.34. The van der Waals surface area contributed by atoms with Crippen LogP contribution in [0.3, 0.4) is 0 Å². The first-order valence-corrected chi connectivity index (χ1v) is 5.75. The van der Waals surface area contributed by atoms with Crippen LogP contribution in [0.4, 0.5) is 34.9 Å². The molecule has 0 aliphatic carbocycles. The Kier molecular flexibility index (Phi) is 3.94. The lowest BCUT2D eigenvalue weighted by molar-refractivity contribution is -0.139. The number of hydrogen-bond donors (Lipinski definition) is 3. The van der Waals surface area contributed by atoms with Gasteiger partial charge in [-0.2, -0.15) is 13.2 Å². The highest BCUT2D eigenvalue weighted by Crippen LogP contribution is 2.33. The molecule has 0 atom stereocenters. The molecule has 2 rings (SSSR count). The molecule has 0 spiro atoms. The van der Waals surface area contributed by atoms with Crippen LogP contribution in [0.15, 0.2) is 24.3 Å². The van der Waals surface area contributed by atoms with Crippen LogP contribution in [0.2, 0.25) is 0 Å². The number of halogens is 4. The summed E-state index contributed by atoms with van der Waals surface area (Å²) in [7, 11) is 0. The van der Waals surface area contributed by atoms with Crippen LogP contribution in [0.5, 0.6) is 0 Å². The maximum atomic E-state index is 13.2. The van der Waals surface area contributed by atoms with E-state index in [0.717, 1.165) is 6.07 Å². The number of hydrogen-bond acceptors (Lipinski definition) is 5. The van der Waals surface area contributed by atoms with Crippen LogP contribution in [0.25, 0.3) is 0 Å². The minimum Gasteiger partial charge on any atom is -0.340 e. The van der Waals surface area contributed by atoms with E-state index < -0.39 is 17.6 Å². The molecule has 1 heterocycles. The van der Waals surface area contributed by atoms with Gasteiger partial charge >= 0.3 is 6.18 Å². The summed E-state index contributed by atoms with van der Waals surface area (Å²) >= 11 is 0. The van der Waals surface area contributed by atoms with Crippen molar-refractivity contribution in [1.29, 1.82) is 0 Å². The summed E-state index contributed by atoms with van der Waals surface area (Å²) in [6, 6.07) is 3.99. The van der Waals surface area contributed by atoms with Gasteiger partial charge < -0.3 is 10.7 Å². The van der Waals surface area contributed by atoms with Gasteiger partial charge in [0.15, 0.2) is 0 Å². The maximum Gasteiger partial charge on any atom is 0.419 e. The van der Waals surface area contributed by atoms with E-state index in [1.165, 1.54) is 12.1 Å². The molecule has 0 saturated heterocycles. The van der Waals surface area contributed by atoms with Gasteiger partial charge in [-0.1, -0.05) is 0 Å². The Morgan fingerprint density at radius 1 is 1.10 bits per heavy atom. The fraction of sp³-hybridized carbons (Fsp3) is 0.167. The summed E-state index contributed by atoms with van der Waals surface area (Å²) in [5, 5.41) is 2.65. The van der Waals surface area contributed by atoms with E-state index in [1.54, 1.807) is 6.92 Å². The zero-order chi connectivity index (χ0) is 15.6. The molecule has 2 aromatic rings. The molecular formula is C12H11F4N5. The van der Waals surface area contributed by atoms with Gasteiger partial charge in [-0.25, -0.2) is 20.2 Å². The Morgan fingerprint density at radius 2 is 1.76 bits per heavy atom. The predicted molar refractivity (Wildman–Crippen MR) is 69.3 cm³/mol. The van der Waals surface area contributed by atoms with Crippen LogP contribution >= 0.6 is 0 Å². The van der Waals surface area contributed by atoms with E-state index in [2.05, 4.69) is 20.7 Å². The van der Waals surface area contributed by atoms with Gasteiger partial charge in [0, 0.05) is 11.8 Å². The van der Waals surface area contributed by atoms with Crippen molar-refractivity contribution in [2.24, 2.45) is 5.84 Å². The summed E-state index contributed by atoms with van der Waals surface area (Å²) < 4.78 is 51.1. The Labute approximate surface area is 117 Å². The molecule has 5 nitrogen and oxygen atoms in total. The molecule has 0 aliphatic rings. The van der Waals surface area contributed by atoms with Crippen molar-refractivity contribution in [3.05, 3.63) is 41.5 Å². The second kappa shape index (κ2) is 5.52. The molecule has 1 aromatic heterocycles. The second-order valence-electron chi connectivity index (χ2n) is 4.15. The molecule has 21 heavy (non-hydrogen) atoms. The van der Waals surface area contributed by atoms with Crippen molar-refractivity contribution in [3.8, 4) is 0 Å². The third kappa shape index (κ3) is 3.57. The lowest BCUT2D eigenvalue weighted by Crippen LogP contribution is -2.11. The minimum absolute atomic E-state index is 0.0461. The van der Waals surface area contributed by atoms with Crippen molar-refractivity contribution in [3.63, 3.8) is 0 Å². The highest BCUT2D eigenvalue weighted by atomic mass is 19.4. The van der Waals surface area contributed by atoms with Gasteiger partial charge in [0.25, 0.3) is 0 Å². The Hall–Kier alpha value is -2.42. The lowest BCUT2D eigenvalue weighted by Gasteiger charge is -2.12. The Bertz CT molecular complexity index is 657. The van der Waals surface area contributed by atoms with Crippen LogP contribution in [0.1, 0.15) is 11.4 Å². The molecule has 0 saturated carbocycles. The van der Waals surface area contributed by atoms with Crippen LogP contribution < -0.4 is 16.6 Å². The summed E-state index contributed by atoms with van der Waals surface area (Å²) in [6.07, 6.45) is -4.77. The molecule has 1 aromatic carbocycles. The van der Waals surface area contributed by atoms with E-state index in [9.17, 15) is 17.6 Å². The van der Waals surface area contributed by atoms with Gasteiger partial charge in [-0.3, -0.25) is 0 Å². The average Bonchev–Trinajstić information content (AvgIpc) is 2.39. The number of hydrazine groups is 1. The first kappa shape index (κ1) is 15.0. The molecule has 0 amide bonds. The SMILES string of the molecule is Cc1nc(NN)cc(Nc2ccc(F)c(C(F)(F)F)c2)n1. The van der Waals surface area contributed by atoms with Gasteiger partial charge in [-0.05, 0) is 25.1 Å². The normalized spacial score (nSPS) is 11.3. The topological polar surface area (TPSA) is 75.9 Å². The van der Waals surface area contributed by atoms with Gasteiger partial charge in [0.05, 0.1) is 5.56 Å². The van der Waals surface area contributed by atoms with E-state index in [1.807, 2.05) is 0 Å². The molecule has 9 heteroatoms. The molecule has 0 fully saturated rings. The van der Waals surface area contributed by atoms with E-state index in [4.69, 9.17) is 5.84 Å². The monoisotopic (exact) mass is 301 g/mol. The summed E-state index contributed by atoms with van der Waals surface area (Å²) in [5.74, 6) is 4.77. The highest BCUT2D eigenvalue weighted by Gasteiger charge is 2.34. The standard InChI is InChI=1S/C12H11F4N5/c1-6-18-10(5-11(19-6)21-17)20-7-2-3-9(13)8(4-7)12(14,15)16/h2-5H,17H2,1H3,(H2,18,19,20,21). The molecule has 0 radical (unpaired) electrons. The molecule has 0 aliphatic heterocycles. The maximum absolute atomic E-state index is 13.2. The third-order valence-electron chi connectivity index (χ3n) is 2.53. The number of anilines is 3. The van der Waals surface area contributed by atoms with Crippen molar-refractivity contribution in [1.82, 2.24) is 9.97 Å². The van der Waals surface area contributed by atoms with Crippen LogP contribution in [0, 0.1) is 12.7 Å². The smallest absolute Gasteiger partial charge is 0.340 e. The Morgan fingerprint density at radius 3 is 2.38 bits per heavy atom. The summed E-state index contributed by atoms with van der Waals surface area (Å²) in [4.78, 5) is 7.94. The molecular weight excluding hydrogens is 290 g/mol. The van der Waals surface area contributed by atoms with Crippen molar-refractivity contribution in [2.75, 3.05) is 10.7 Å². The lowest BCUT2D eigenvalue weighted by atomic mass is 10.2. The number of nitrogen functional groups attached to an aromatic ring is 1. The quantitative estimate of drug-likeness (QED) is 0.461. The van der Waals surface area contributed by atoms with E-state index in [0.29, 0.717) is 17.7 Å². The van der Waals surface area contributed by atoms with Crippen molar-refractivity contribution in [2.45, 2.75) is 13.1 Å². The van der Waals surface area contributed by atoms with Crippen molar-refractivity contribution >= 4 is 17.3 Å². The zero-order valence-corrected chi connectivity index (χ0v) is 10.8. The number of aromatic nitrogens is 2. The average molecular weight is 301 g/mol. The number of nitrogens with one attached hydrogen (secondary N) is 2. The third-order valence-corrected chi connectivity index (χ3v) is 2.53. The molecule has 4 N–H and O–H groups in total. The van der Waals surface area contributed by atoms with Crippen LogP contribution in [-0.2, 0) is 6.18 Å². The van der Waals surface area contributed by atoms with Crippen molar-refractivity contribution < 1.29 is 17.6 Å². The minimum atomic E-state index is -4.77. The summed E-state index contributed by atoms with van der Waals surface area (Å²) in [5.41, 5.74) is 1.00. The molecule has 0 unspecified atom stereocenters. The number of nitrogens with zero attached hydrogens (tertiary/aromatic N) is 2. The highest BCUT2D eigenvalue weighted by molar-refractivity contribution is 5.60. The summed E-state index contributed by atoms with van der Waals surface area (Å²) in [6.45, 7) is 1.60. The number of nitrogens with two attached hydrogens (primary N) is 1. The largest absolute Gasteiger partial charge is 0.419 e. The number of alkyl halides is 3. The number of benzene rings is 1. The van der Waals surface area contributed by atoms with Gasteiger partial charge in [-0.15, -0.1) is 0 Å². The fourth-order valence-electron chi connectivity index (χ4n) is 1.67. The van der Waals surface area contributed by atoms with Crippen LogP contribution in [-0.4, -0.2) is 9.97 Å². The first-order chi connectivity index (χ1) is 9.79. The molecule has 112 valence electrons. The first-order valence-electron chi connectivity index (χ1n) is 5.75. The van der Waals surface area contributed by atoms with Gasteiger partial charge in [0.1, 0.15) is 23.3 Å². The fourth-order valence-corrected chi connectivity index (χ4v) is 1.67. The second-order valence-corrected chi connectivity index (χ2v) is 4.15. The predicted octanol–water partition coefficient (Wildman–Crippen LogP) is 2.97. The number of aryl methyl sites for hydroxylation is 1. The van der Waals surface area contributed by atoms with Gasteiger partial charge in [0.2, 0.25) is 0 Å². The van der Waals surface area contributed by atoms with E-state index >= 15 is 0 Å².